The van der Waals surface area contributed by atoms with Gasteiger partial charge in [0, 0.05) is 45.6 Å². The molecule has 24 heteroatoms. The normalized spacial score (nSPS) is 26.3. The average Bonchev–Trinajstić information content (AvgIpc) is 4.11. The summed E-state index contributed by atoms with van der Waals surface area (Å²) < 4.78 is 0. The lowest BCUT2D eigenvalue weighted by Crippen LogP contribution is -2.56. The quantitative estimate of drug-likeness (QED) is 0.0676. The van der Waals surface area contributed by atoms with Crippen molar-refractivity contribution in [2.75, 3.05) is 70.9 Å². The Morgan fingerprint density at radius 1 is 0.629 bits per heavy atom. The standard InChI is InChI=1S/C38H58N10O13S/c1-62-12-8-23(36(59)44-9-2-5-24(44)35(58)42-18-32(54)55)43-29(51)16-40-33(56)25-6-3-10-45(25)38(61)28-14-22(50)20-48(28)31(53)17-41-34(57)26-7-4-11-46(26)37(60)27-13-21(49)19-47(27)30(52)15-39/h21-28,49-50H,2-20,39H2,1H3,(H,40,56)(H,41,57)(H,42,58)(H,43,51)(H,54,55)/t21-,22-,23+,24+,25+,26+,27+,28+/m1/s1. The van der Waals surface area contributed by atoms with E-state index in [1.165, 1.54) is 31.4 Å². The molecule has 0 spiro atoms. The second-order valence-corrected chi connectivity index (χ2v) is 17.1. The van der Waals surface area contributed by atoms with E-state index in [4.69, 9.17) is 10.8 Å². The number of aliphatic carboxylic acids is 1. The van der Waals surface area contributed by atoms with Crippen molar-refractivity contribution in [2.24, 2.45) is 5.73 Å². The van der Waals surface area contributed by atoms with Crippen LogP contribution in [0.4, 0.5) is 0 Å². The Hall–Kier alpha value is -5.07. The van der Waals surface area contributed by atoms with E-state index in [1.54, 1.807) is 0 Å². The molecule has 5 aliphatic heterocycles. The van der Waals surface area contributed by atoms with Crippen molar-refractivity contribution < 1.29 is 63.3 Å². The molecule has 62 heavy (non-hydrogen) atoms. The van der Waals surface area contributed by atoms with Gasteiger partial charge in [-0.2, -0.15) is 11.8 Å². The molecule has 0 aliphatic carbocycles. The molecule has 9 amide bonds. The summed E-state index contributed by atoms with van der Waals surface area (Å²) in [5.41, 5.74) is 5.49. The summed E-state index contributed by atoms with van der Waals surface area (Å²) in [5, 5.41) is 39.7. The van der Waals surface area contributed by atoms with Gasteiger partial charge in [0.2, 0.25) is 53.2 Å². The van der Waals surface area contributed by atoms with Gasteiger partial charge in [0.05, 0.1) is 31.8 Å². The van der Waals surface area contributed by atoms with E-state index in [0.29, 0.717) is 37.9 Å². The van der Waals surface area contributed by atoms with Gasteiger partial charge in [0.25, 0.3) is 0 Å². The molecular formula is C38H58N10O13S. The minimum atomic E-state index is -1.23. The highest BCUT2D eigenvalue weighted by Crippen LogP contribution is 2.27. The Morgan fingerprint density at radius 3 is 1.56 bits per heavy atom. The van der Waals surface area contributed by atoms with E-state index in [2.05, 4.69) is 21.3 Å². The van der Waals surface area contributed by atoms with Crippen molar-refractivity contribution in [2.45, 2.75) is 106 Å². The first-order chi connectivity index (χ1) is 29.6. The third-order valence-electron chi connectivity index (χ3n) is 12.0. The molecule has 0 saturated carbocycles. The molecule has 9 N–H and O–H groups in total. The van der Waals surface area contributed by atoms with Crippen LogP contribution in [0.15, 0.2) is 0 Å². The Kier molecular flexibility index (Phi) is 16.9. The third kappa shape index (κ3) is 11.5. The topological polar surface area (TPSA) is 322 Å². The van der Waals surface area contributed by atoms with Gasteiger partial charge >= 0.3 is 5.97 Å². The number of carbonyl (C=O) groups excluding carboxylic acids is 9. The summed E-state index contributed by atoms with van der Waals surface area (Å²) in [6.45, 7) is -1.68. The highest BCUT2D eigenvalue weighted by molar-refractivity contribution is 7.98. The lowest BCUT2D eigenvalue weighted by molar-refractivity contribution is -0.147. The average molecular weight is 895 g/mol. The van der Waals surface area contributed by atoms with Crippen molar-refractivity contribution in [3.8, 4) is 0 Å². The molecule has 344 valence electrons. The van der Waals surface area contributed by atoms with Crippen molar-refractivity contribution in [1.82, 2.24) is 45.8 Å². The van der Waals surface area contributed by atoms with Gasteiger partial charge in [-0.25, -0.2) is 0 Å². The number of aliphatic hydroxyl groups is 2. The summed E-state index contributed by atoms with van der Waals surface area (Å²) in [7, 11) is 0. The Morgan fingerprint density at radius 2 is 1.08 bits per heavy atom. The van der Waals surface area contributed by atoms with Crippen LogP contribution in [0.25, 0.3) is 0 Å². The zero-order valence-corrected chi connectivity index (χ0v) is 35.5. The number of nitrogens with one attached hydrogen (secondary N) is 4. The molecule has 0 aromatic carbocycles. The van der Waals surface area contributed by atoms with E-state index in [0.717, 1.165) is 4.90 Å². The first-order valence-corrected chi connectivity index (χ1v) is 22.3. The predicted molar refractivity (Wildman–Crippen MR) is 217 cm³/mol. The molecule has 0 aromatic heterocycles. The van der Waals surface area contributed by atoms with Gasteiger partial charge < -0.3 is 66.8 Å². The molecule has 5 rings (SSSR count). The number of thioether (sulfide) groups is 1. The molecule has 0 unspecified atom stereocenters. The fourth-order valence-corrected chi connectivity index (χ4v) is 9.41. The summed E-state index contributed by atoms with van der Waals surface area (Å²) in [5.74, 6) is -6.11. The van der Waals surface area contributed by atoms with Gasteiger partial charge in [-0.05, 0) is 57.0 Å². The van der Waals surface area contributed by atoms with E-state index in [9.17, 15) is 58.2 Å². The smallest absolute Gasteiger partial charge is 0.322 e. The van der Waals surface area contributed by atoms with E-state index >= 15 is 0 Å². The van der Waals surface area contributed by atoms with Crippen molar-refractivity contribution in [1.29, 1.82) is 0 Å². The second-order valence-electron chi connectivity index (χ2n) is 16.1. The largest absolute Gasteiger partial charge is 0.480 e. The van der Waals surface area contributed by atoms with Crippen LogP contribution in [0.3, 0.4) is 0 Å². The molecule has 5 saturated heterocycles. The molecule has 5 heterocycles. The number of amides is 9. The lowest BCUT2D eigenvalue weighted by atomic mass is 10.1. The number of hydrogen-bond donors (Lipinski definition) is 8. The van der Waals surface area contributed by atoms with E-state index in [1.807, 2.05) is 6.26 Å². The maximum absolute atomic E-state index is 13.9. The number of hydrogen-bond acceptors (Lipinski definition) is 14. The van der Waals surface area contributed by atoms with Gasteiger partial charge in [0.1, 0.15) is 42.8 Å². The number of carbonyl (C=O) groups is 10. The van der Waals surface area contributed by atoms with Crippen LogP contribution in [0.5, 0.6) is 0 Å². The molecule has 23 nitrogen and oxygen atoms in total. The van der Waals surface area contributed by atoms with Crippen molar-refractivity contribution in [3.63, 3.8) is 0 Å². The van der Waals surface area contributed by atoms with Gasteiger partial charge in [-0.3, -0.25) is 47.9 Å². The zero-order valence-electron chi connectivity index (χ0n) is 34.7. The van der Waals surface area contributed by atoms with Crippen LogP contribution < -0.4 is 27.0 Å². The highest BCUT2D eigenvalue weighted by atomic mass is 32.2. The van der Waals surface area contributed by atoms with Crippen LogP contribution in [0, 0.1) is 0 Å². The third-order valence-corrected chi connectivity index (χ3v) is 12.6. The van der Waals surface area contributed by atoms with E-state index in [-0.39, 0.29) is 65.0 Å². The summed E-state index contributed by atoms with van der Waals surface area (Å²) in [6.07, 6.45) is 2.24. The zero-order chi connectivity index (χ0) is 45.2. The molecular weight excluding hydrogens is 837 g/mol. The first-order valence-electron chi connectivity index (χ1n) is 21.0. The molecule has 5 aliphatic rings. The Bertz CT molecular complexity index is 1760. The van der Waals surface area contributed by atoms with E-state index < -0.39 is 127 Å². The highest BCUT2D eigenvalue weighted by Gasteiger charge is 2.47. The van der Waals surface area contributed by atoms with Crippen LogP contribution >= 0.6 is 11.8 Å². The van der Waals surface area contributed by atoms with Crippen molar-refractivity contribution in [3.05, 3.63) is 0 Å². The molecule has 0 radical (unpaired) electrons. The van der Waals surface area contributed by atoms with Crippen LogP contribution in [0.2, 0.25) is 0 Å². The molecule has 5 fully saturated rings. The first kappa shape index (κ1) is 48.0. The number of carboxylic acid groups (broad SMARTS) is 1. The molecule has 0 bridgehead atoms. The second kappa shape index (κ2) is 21.8. The minimum absolute atomic E-state index is 0.0000434. The van der Waals surface area contributed by atoms with Gasteiger partial charge in [-0.15, -0.1) is 0 Å². The SMILES string of the molecule is CSCC[C@H](NC(=O)CNC(=O)[C@@H]1CCCN1C(=O)[C@@H]1C[C@@H](O)CN1C(=O)CNC(=O)[C@@H]1CCCN1C(=O)[C@@H]1C[C@@H](O)CN1C(=O)CN)C(=O)N1CCC[C@H]1C(=O)NCC(=O)O. The number of nitrogens with zero attached hydrogens (tertiary/aromatic N) is 5. The van der Waals surface area contributed by atoms with Gasteiger partial charge in [0.15, 0.2) is 0 Å². The fraction of sp³-hybridized carbons (Fsp3) is 0.737. The van der Waals surface area contributed by atoms with Crippen molar-refractivity contribution >= 4 is 70.9 Å². The predicted octanol–water partition coefficient (Wildman–Crippen LogP) is -5.49. The maximum atomic E-state index is 13.9. The molecule has 0 aromatic rings. The molecule has 8 atom stereocenters. The minimum Gasteiger partial charge on any atom is -0.480 e. The van der Waals surface area contributed by atoms with Crippen LogP contribution in [-0.4, -0.2) is 218 Å². The summed E-state index contributed by atoms with van der Waals surface area (Å²) in [6, 6.07) is -6.01. The lowest BCUT2D eigenvalue weighted by Gasteiger charge is -2.32. The number of β-amino-alcohol motifs (C(OH)–C–C–N with tert-alkyl or cyclic N) is 2. The fourth-order valence-electron chi connectivity index (χ4n) is 8.94. The van der Waals surface area contributed by atoms with Crippen LogP contribution in [-0.2, 0) is 47.9 Å². The van der Waals surface area contributed by atoms with Crippen LogP contribution in [0.1, 0.15) is 57.8 Å². The Labute approximate surface area is 362 Å². The number of nitrogens with two attached hydrogens (primary N) is 1. The number of likely N-dealkylation sites (tertiary alicyclic amines) is 5. The maximum Gasteiger partial charge on any atom is 0.322 e. The summed E-state index contributed by atoms with van der Waals surface area (Å²) >= 11 is 1.44. The van der Waals surface area contributed by atoms with Gasteiger partial charge in [-0.1, -0.05) is 0 Å². The Balaban J connectivity index is 1.13. The summed E-state index contributed by atoms with van der Waals surface area (Å²) in [4.78, 5) is 137. The number of aliphatic hydroxyl groups excluding tert-OH is 2. The monoisotopic (exact) mass is 894 g/mol. The number of rotatable bonds is 17. The number of carboxylic acids is 1.